The number of nitrogens with one attached hydrogen (secondary N) is 1. The Bertz CT molecular complexity index is 878. The SMILES string of the molecule is COc1ccc2c(c1)C(c1ccccc1)C(C(=O)Nc1nccs1)C2. The Morgan fingerprint density at radius 3 is 2.80 bits per heavy atom. The highest BCUT2D eigenvalue weighted by molar-refractivity contribution is 7.13. The standard InChI is InChI=1S/C20H18N2O2S/c1-24-15-8-7-14-11-17(19(23)22-20-21-9-10-25-20)18(16(14)12-15)13-5-3-2-4-6-13/h2-10,12,17-18H,11H2,1H3,(H,21,22,23). The molecule has 0 aliphatic heterocycles. The van der Waals surface area contributed by atoms with Crippen molar-refractivity contribution in [2.45, 2.75) is 12.3 Å². The maximum absolute atomic E-state index is 12.9. The van der Waals surface area contributed by atoms with Crippen LogP contribution in [0.25, 0.3) is 0 Å². The van der Waals surface area contributed by atoms with E-state index in [2.05, 4.69) is 34.6 Å². The quantitative estimate of drug-likeness (QED) is 0.771. The van der Waals surface area contributed by atoms with E-state index in [1.807, 2.05) is 29.6 Å². The number of hydrogen-bond acceptors (Lipinski definition) is 4. The van der Waals surface area contributed by atoms with Crippen LogP contribution in [-0.2, 0) is 11.2 Å². The van der Waals surface area contributed by atoms with E-state index in [0.29, 0.717) is 5.13 Å². The van der Waals surface area contributed by atoms with Crippen molar-refractivity contribution in [3.63, 3.8) is 0 Å². The van der Waals surface area contributed by atoms with Crippen molar-refractivity contribution < 1.29 is 9.53 Å². The van der Waals surface area contributed by atoms with Crippen LogP contribution in [-0.4, -0.2) is 18.0 Å². The molecular weight excluding hydrogens is 332 g/mol. The van der Waals surface area contributed by atoms with E-state index in [1.54, 1.807) is 13.3 Å². The van der Waals surface area contributed by atoms with Crippen LogP contribution in [0.15, 0.2) is 60.1 Å². The summed E-state index contributed by atoms with van der Waals surface area (Å²) in [4.78, 5) is 17.1. The van der Waals surface area contributed by atoms with Crippen molar-refractivity contribution in [3.8, 4) is 5.75 Å². The maximum Gasteiger partial charge on any atom is 0.230 e. The van der Waals surface area contributed by atoms with Gasteiger partial charge >= 0.3 is 0 Å². The highest BCUT2D eigenvalue weighted by atomic mass is 32.1. The summed E-state index contributed by atoms with van der Waals surface area (Å²) in [5.41, 5.74) is 3.52. The normalized spacial score (nSPS) is 18.6. The van der Waals surface area contributed by atoms with E-state index in [9.17, 15) is 4.79 Å². The third kappa shape index (κ3) is 3.03. The molecule has 0 fully saturated rings. The van der Waals surface area contributed by atoms with Crippen LogP contribution in [0.1, 0.15) is 22.6 Å². The number of amides is 1. The first-order chi connectivity index (χ1) is 12.3. The molecule has 2 unspecified atom stereocenters. The maximum atomic E-state index is 12.9. The fourth-order valence-electron chi connectivity index (χ4n) is 3.55. The Labute approximate surface area is 150 Å². The molecule has 0 saturated heterocycles. The molecule has 1 amide bonds. The number of fused-ring (bicyclic) bond motifs is 1. The molecule has 2 atom stereocenters. The molecule has 3 aromatic rings. The second-order valence-electron chi connectivity index (χ2n) is 6.09. The summed E-state index contributed by atoms with van der Waals surface area (Å²) in [6, 6.07) is 16.3. The fraction of sp³-hybridized carbons (Fsp3) is 0.200. The number of benzene rings is 2. The predicted molar refractivity (Wildman–Crippen MR) is 99.2 cm³/mol. The monoisotopic (exact) mass is 350 g/mol. The Balaban J connectivity index is 1.72. The second kappa shape index (κ2) is 6.69. The molecule has 5 heteroatoms. The molecule has 126 valence electrons. The van der Waals surface area contributed by atoms with Gasteiger partial charge in [-0.1, -0.05) is 36.4 Å². The van der Waals surface area contributed by atoms with E-state index >= 15 is 0 Å². The summed E-state index contributed by atoms with van der Waals surface area (Å²) in [6.45, 7) is 0. The van der Waals surface area contributed by atoms with Gasteiger partial charge in [0.1, 0.15) is 5.75 Å². The molecule has 0 saturated carbocycles. The molecule has 25 heavy (non-hydrogen) atoms. The first-order valence-corrected chi connectivity index (χ1v) is 9.06. The van der Waals surface area contributed by atoms with Gasteiger partial charge in [-0.2, -0.15) is 0 Å². The molecular formula is C20H18N2O2S. The minimum Gasteiger partial charge on any atom is -0.497 e. The molecule has 4 rings (SSSR count). The van der Waals surface area contributed by atoms with Crippen LogP contribution in [0, 0.1) is 5.92 Å². The van der Waals surface area contributed by atoms with Crippen LogP contribution in [0.2, 0.25) is 0 Å². The molecule has 0 spiro atoms. The van der Waals surface area contributed by atoms with E-state index in [4.69, 9.17) is 4.74 Å². The number of ether oxygens (including phenoxy) is 1. The topological polar surface area (TPSA) is 51.2 Å². The van der Waals surface area contributed by atoms with Gasteiger partial charge < -0.3 is 10.1 Å². The second-order valence-corrected chi connectivity index (χ2v) is 6.98. The number of methoxy groups -OCH3 is 1. The Morgan fingerprint density at radius 1 is 1.24 bits per heavy atom. The number of carbonyl (C=O) groups is 1. The third-order valence-corrected chi connectivity index (χ3v) is 5.38. The zero-order valence-corrected chi connectivity index (χ0v) is 14.6. The molecule has 2 aromatic carbocycles. The van der Waals surface area contributed by atoms with Gasteiger partial charge in [-0.15, -0.1) is 11.3 Å². The van der Waals surface area contributed by atoms with Crippen molar-refractivity contribution in [2.24, 2.45) is 5.92 Å². The highest BCUT2D eigenvalue weighted by Crippen LogP contribution is 2.44. The predicted octanol–water partition coefficient (Wildman–Crippen LogP) is 4.09. The lowest BCUT2D eigenvalue weighted by molar-refractivity contribution is -0.120. The van der Waals surface area contributed by atoms with Crippen molar-refractivity contribution >= 4 is 22.4 Å². The average molecular weight is 350 g/mol. The van der Waals surface area contributed by atoms with Crippen LogP contribution in [0.4, 0.5) is 5.13 Å². The van der Waals surface area contributed by atoms with E-state index < -0.39 is 0 Å². The zero-order chi connectivity index (χ0) is 17.2. The number of nitrogens with zero attached hydrogens (tertiary/aromatic N) is 1. The number of thiazole rings is 1. The Kier molecular flexibility index (Phi) is 4.24. The van der Waals surface area contributed by atoms with Gasteiger partial charge in [0.2, 0.25) is 5.91 Å². The fourth-order valence-corrected chi connectivity index (χ4v) is 4.08. The molecule has 1 aliphatic rings. The first kappa shape index (κ1) is 15.8. The van der Waals surface area contributed by atoms with Crippen LogP contribution in [0.5, 0.6) is 5.75 Å². The zero-order valence-electron chi connectivity index (χ0n) is 13.8. The summed E-state index contributed by atoms with van der Waals surface area (Å²) in [6.07, 6.45) is 2.42. The van der Waals surface area contributed by atoms with E-state index in [1.165, 1.54) is 22.5 Å². The van der Waals surface area contributed by atoms with Crippen LogP contribution < -0.4 is 10.1 Å². The van der Waals surface area contributed by atoms with Crippen molar-refractivity contribution in [2.75, 3.05) is 12.4 Å². The van der Waals surface area contributed by atoms with E-state index in [0.717, 1.165) is 17.7 Å². The summed E-state index contributed by atoms with van der Waals surface area (Å²) in [7, 11) is 1.67. The lowest BCUT2D eigenvalue weighted by Gasteiger charge is -2.20. The number of anilines is 1. The minimum atomic E-state index is -0.159. The largest absolute Gasteiger partial charge is 0.497 e. The molecule has 0 radical (unpaired) electrons. The molecule has 4 nitrogen and oxygen atoms in total. The number of aromatic nitrogens is 1. The number of rotatable bonds is 4. The lowest BCUT2D eigenvalue weighted by Crippen LogP contribution is -2.26. The molecule has 1 N–H and O–H groups in total. The Hall–Kier alpha value is -2.66. The lowest BCUT2D eigenvalue weighted by atomic mass is 9.85. The van der Waals surface area contributed by atoms with Crippen molar-refractivity contribution in [3.05, 3.63) is 76.8 Å². The van der Waals surface area contributed by atoms with E-state index in [-0.39, 0.29) is 17.7 Å². The van der Waals surface area contributed by atoms with Gasteiger partial charge in [0, 0.05) is 17.5 Å². The van der Waals surface area contributed by atoms with Gasteiger partial charge in [0.25, 0.3) is 0 Å². The molecule has 1 heterocycles. The summed E-state index contributed by atoms with van der Waals surface area (Å²) >= 11 is 1.43. The number of carbonyl (C=O) groups excluding carboxylic acids is 1. The molecule has 1 aromatic heterocycles. The van der Waals surface area contributed by atoms with Gasteiger partial charge in [0.05, 0.1) is 13.0 Å². The highest BCUT2D eigenvalue weighted by Gasteiger charge is 2.38. The van der Waals surface area contributed by atoms with Gasteiger partial charge in [-0.25, -0.2) is 4.98 Å². The Morgan fingerprint density at radius 2 is 2.08 bits per heavy atom. The van der Waals surface area contributed by atoms with Gasteiger partial charge in [0.15, 0.2) is 5.13 Å². The minimum absolute atomic E-state index is 0.0129. The van der Waals surface area contributed by atoms with Gasteiger partial charge in [-0.05, 0) is 35.2 Å². The summed E-state index contributed by atoms with van der Waals surface area (Å²) in [5, 5.41) is 5.47. The van der Waals surface area contributed by atoms with Crippen molar-refractivity contribution in [1.29, 1.82) is 0 Å². The third-order valence-electron chi connectivity index (χ3n) is 4.69. The average Bonchev–Trinajstić information content (AvgIpc) is 3.29. The van der Waals surface area contributed by atoms with Gasteiger partial charge in [-0.3, -0.25) is 4.79 Å². The van der Waals surface area contributed by atoms with Crippen molar-refractivity contribution in [1.82, 2.24) is 4.98 Å². The van der Waals surface area contributed by atoms with Crippen LogP contribution >= 0.6 is 11.3 Å². The summed E-state index contributed by atoms with van der Waals surface area (Å²) < 4.78 is 5.40. The number of hydrogen-bond donors (Lipinski definition) is 1. The summed E-state index contributed by atoms with van der Waals surface area (Å²) in [5.74, 6) is 0.694. The molecule has 1 aliphatic carbocycles. The molecule has 0 bridgehead atoms. The first-order valence-electron chi connectivity index (χ1n) is 8.18. The smallest absolute Gasteiger partial charge is 0.230 e. The van der Waals surface area contributed by atoms with Crippen LogP contribution in [0.3, 0.4) is 0 Å².